The molecule has 6 nitrogen and oxygen atoms in total. The Morgan fingerprint density at radius 3 is 2.22 bits per heavy atom. The van der Waals surface area contributed by atoms with Gasteiger partial charge in [-0.1, -0.05) is 36.4 Å². The Morgan fingerprint density at radius 1 is 0.906 bits per heavy atom. The van der Waals surface area contributed by atoms with Gasteiger partial charge in [0.2, 0.25) is 10.0 Å². The topological polar surface area (TPSA) is 89.5 Å². The fourth-order valence-electron chi connectivity index (χ4n) is 3.80. The normalized spacial score (nSPS) is 16.1. The summed E-state index contributed by atoms with van der Waals surface area (Å²) >= 11 is 1.12. The molecule has 1 atom stereocenters. The average Bonchev–Trinajstić information content (AvgIpc) is 3.50. The highest BCUT2D eigenvalue weighted by Crippen LogP contribution is 2.31. The minimum atomic E-state index is -3.90. The molecule has 1 aliphatic carbocycles. The third-order valence-corrected chi connectivity index (χ3v) is 10.5. The van der Waals surface area contributed by atoms with Crippen molar-refractivity contribution in [2.45, 2.75) is 46.1 Å². The fourth-order valence-corrected chi connectivity index (χ4v) is 7.82. The predicted molar refractivity (Wildman–Crippen MR) is 125 cm³/mol. The van der Waals surface area contributed by atoms with Gasteiger partial charge >= 0.3 is 0 Å². The molecule has 9 heteroatoms. The van der Waals surface area contributed by atoms with Gasteiger partial charge in [0, 0.05) is 6.54 Å². The van der Waals surface area contributed by atoms with E-state index in [2.05, 4.69) is 4.72 Å². The maximum Gasteiger partial charge on any atom is 0.240 e. The zero-order valence-corrected chi connectivity index (χ0v) is 19.8. The zero-order valence-electron chi connectivity index (χ0n) is 17.4. The molecular weight excluding hydrogens is 466 g/mol. The standard InChI is InChI=1S/C23H25NO5S3/c25-31(26,23-11-6-16-30-23)22(18-7-2-1-3-8-18)17-24-32(27,28)21-14-12-20(13-15-21)29-19-9-4-5-10-19/h1-3,6-8,11-16,19,22,24H,4-5,9-10,17H2. The van der Waals surface area contributed by atoms with Crippen molar-refractivity contribution in [2.24, 2.45) is 0 Å². The monoisotopic (exact) mass is 491 g/mol. The van der Waals surface area contributed by atoms with E-state index in [-0.39, 0.29) is 21.8 Å². The van der Waals surface area contributed by atoms with E-state index >= 15 is 0 Å². The maximum atomic E-state index is 13.2. The lowest BCUT2D eigenvalue weighted by atomic mass is 10.1. The minimum absolute atomic E-state index is 0.0663. The number of ether oxygens (including phenoxy) is 1. The fraction of sp³-hybridized carbons (Fsp3) is 0.304. The van der Waals surface area contributed by atoms with E-state index in [0.717, 1.165) is 37.0 Å². The summed E-state index contributed by atoms with van der Waals surface area (Å²) in [6, 6.07) is 18.1. The molecule has 1 unspecified atom stereocenters. The van der Waals surface area contributed by atoms with Gasteiger partial charge in [0.25, 0.3) is 0 Å². The van der Waals surface area contributed by atoms with E-state index in [1.165, 1.54) is 18.2 Å². The molecule has 1 aromatic heterocycles. The molecule has 3 aromatic rings. The quantitative estimate of drug-likeness (QED) is 0.474. The highest BCUT2D eigenvalue weighted by Gasteiger charge is 2.31. The van der Waals surface area contributed by atoms with E-state index in [1.54, 1.807) is 53.9 Å². The summed E-state index contributed by atoms with van der Waals surface area (Å²) in [5.74, 6) is 0.637. The summed E-state index contributed by atoms with van der Waals surface area (Å²) in [6.07, 6.45) is 4.52. The summed E-state index contributed by atoms with van der Waals surface area (Å²) < 4.78 is 60.8. The van der Waals surface area contributed by atoms with Gasteiger partial charge in [-0.2, -0.15) is 0 Å². The second kappa shape index (κ2) is 9.74. The molecular formula is C23H25NO5S3. The number of hydrogen-bond acceptors (Lipinski definition) is 6. The van der Waals surface area contributed by atoms with Crippen molar-refractivity contribution in [3.63, 3.8) is 0 Å². The third-order valence-electron chi connectivity index (χ3n) is 5.52. The lowest BCUT2D eigenvalue weighted by Gasteiger charge is -2.18. The van der Waals surface area contributed by atoms with Crippen LogP contribution < -0.4 is 9.46 Å². The van der Waals surface area contributed by atoms with Crippen LogP contribution in [-0.4, -0.2) is 29.5 Å². The lowest BCUT2D eigenvalue weighted by molar-refractivity contribution is 0.210. The van der Waals surface area contributed by atoms with E-state index in [0.29, 0.717) is 11.3 Å². The first-order valence-corrected chi connectivity index (χ1v) is 14.4. The Morgan fingerprint density at radius 2 is 1.59 bits per heavy atom. The van der Waals surface area contributed by atoms with Gasteiger partial charge in [-0.3, -0.25) is 0 Å². The van der Waals surface area contributed by atoms with Crippen LogP contribution >= 0.6 is 11.3 Å². The highest BCUT2D eigenvalue weighted by molar-refractivity contribution is 7.93. The first-order valence-electron chi connectivity index (χ1n) is 10.4. The number of benzene rings is 2. The lowest BCUT2D eigenvalue weighted by Crippen LogP contribution is -2.31. The van der Waals surface area contributed by atoms with Crippen molar-refractivity contribution in [2.75, 3.05) is 6.54 Å². The van der Waals surface area contributed by atoms with Crippen LogP contribution in [0.15, 0.2) is 81.2 Å². The van der Waals surface area contributed by atoms with Gasteiger partial charge in [-0.15, -0.1) is 11.3 Å². The van der Waals surface area contributed by atoms with Gasteiger partial charge in [0.1, 0.15) is 15.2 Å². The van der Waals surface area contributed by atoms with Gasteiger partial charge in [-0.25, -0.2) is 21.6 Å². The van der Waals surface area contributed by atoms with E-state index < -0.39 is 25.1 Å². The van der Waals surface area contributed by atoms with Crippen LogP contribution in [0, 0.1) is 0 Å². The zero-order chi connectivity index (χ0) is 22.6. The molecule has 170 valence electrons. The van der Waals surface area contributed by atoms with Crippen molar-refractivity contribution in [1.82, 2.24) is 4.72 Å². The minimum Gasteiger partial charge on any atom is -0.490 e. The molecule has 0 spiro atoms. The SMILES string of the molecule is O=S(=O)(NCC(c1ccccc1)S(=O)(=O)c1cccs1)c1ccc(OC2CCCC2)cc1. The average molecular weight is 492 g/mol. The van der Waals surface area contributed by atoms with Gasteiger partial charge < -0.3 is 4.74 Å². The third kappa shape index (κ3) is 5.23. The Labute approximate surface area is 193 Å². The molecule has 1 aliphatic rings. The number of sulfone groups is 1. The van der Waals surface area contributed by atoms with Gasteiger partial charge in [-0.05, 0) is 67.0 Å². The van der Waals surface area contributed by atoms with Crippen LogP contribution in [-0.2, 0) is 19.9 Å². The second-order valence-corrected chi connectivity index (χ2v) is 12.8. The smallest absolute Gasteiger partial charge is 0.240 e. The highest BCUT2D eigenvalue weighted by atomic mass is 32.2. The summed E-state index contributed by atoms with van der Waals surface area (Å²) in [5, 5.41) is 0.649. The molecule has 2 aromatic carbocycles. The van der Waals surface area contributed by atoms with Gasteiger partial charge in [0.05, 0.1) is 11.0 Å². The van der Waals surface area contributed by atoms with Crippen LogP contribution in [0.2, 0.25) is 0 Å². The molecule has 1 N–H and O–H groups in total. The number of hydrogen-bond donors (Lipinski definition) is 1. The Balaban J connectivity index is 1.52. The maximum absolute atomic E-state index is 13.2. The van der Waals surface area contributed by atoms with Crippen LogP contribution in [0.3, 0.4) is 0 Å². The summed E-state index contributed by atoms with van der Waals surface area (Å²) in [6.45, 7) is -0.271. The van der Waals surface area contributed by atoms with Crippen molar-refractivity contribution < 1.29 is 21.6 Å². The number of nitrogens with one attached hydrogen (secondary N) is 1. The Bertz CT molecular complexity index is 1220. The molecule has 0 amide bonds. The second-order valence-electron chi connectivity index (χ2n) is 7.72. The molecule has 0 saturated heterocycles. The number of thiophene rings is 1. The molecule has 1 heterocycles. The van der Waals surface area contributed by atoms with Crippen molar-refractivity contribution in [3.05, 3.63) is 77.7 Å². The molecule has 1 fully saturated rings. The summed E-state index contributed by atoms with van der Waals surface area (Å²) in [5.41, 5.74) is 0.531. The molecule has 32 heavy (non-hydrogen) atoms. The molecule has 4 rings (SSSR count). The molecule has 0 bridgehead atoms. The number of rotatable bonds is 9. The van der Waals surface area contributed by atoms with Gasteiger partial charge in [0.15, 0.2) is 9.84 Å². The van der Waals surface area contributed by atoms with Crippen LogP contribution in [0.1, 0.15) is 36.5 Å². The van der Waals surface area contributed by atoms with E-state index in [9.17, 15) is 16.8 Å². The first-order chi connectivity index (χ1) is 15.4. The van der Waals surface area contributed by atoms with Crippen LogP contribution in [0.25, 0.3) is 0 Å². The van der Waals surface area contributed by atoms with Crippen LogP contribution in [0.5, 0.6) is 5.75 Å². The predicted octanol–water partition coefficient (Wildman–Crippen LogP) is 4.56. The van der Waals surface area contributed by atoms with E-state index in [4.69, 9.17) is 4.74 Å². The van der Waals surface area contributed by atoms with Crippen molar-refractivity contribution in [3.8, 4) is 5.75 Å². The summed E-state index contributed by atoms with van der Waals surface area (Å²) in [7, 11) is -7.67. The molecule has 1 saturated carbocycles. The molecule has 0 radical (unpaired) electrons. The molecule has 0 aliphatic heterocycles. The van der Waals surface area contributed by atoms with Crippen LogP contribution in [0.4, 0.5) is 0 Å². The summed E-state index contributed by atoms with van der Waals surface area (Å²) in [4.78, 5) is 0.0663. The van der Waals surface area contributed by atoms with Crippen molar-refractivity contribution in [1.29, 1.82) is 0 Å². The Kier molecular flexibility index (Phi) is 6.99. The largest absolute Gasteiger partial charge is 0.490 e. The van der Waals surface area contributed by atoms with E-state index in [1.807, 2.05) is 0 Å². The number of sulfonamides is 1. The van der Waals surface area contributed by atoms with Crippen molar-refractivity contribution >= 4 is 31.2 Å². The Hall–Kier alpha value is -2.20. The first kappa shape index (κ1) is 23.0.